The normalized spacial score (nSPS) is 14.6. The van der Waals surface area contributed by atoms with Crippen LogP contribution < -0.4 is 10.1 Å². The molecule has 198 valence electrons. The Morgan fingerprint density at radius 1 is 1.08 bits per heavy atom. The first-order chi connectivity index (χ1) is 16.9. The van der Waals surface area contributed by atoms with E-state index in [1.807, 2.05) is 37.3 Å². The summed E-state index contributed by atoms with van der Waals surface area (Å²) in [7, 11) is 0. The molecule has 36 heavy (non-hydrogen) atoms. The fraction of sp³-hybridized carbons (Fsp3) is 0.560. The highest BCUT2D eigenvalue weighted by Gasteiger charge is 2.25. The van der Waals surface area contributed by atoms with Crippen molar-refractivity contribution in [3.05, 3.63) is 39.6 Å². The van der Waals surface area contributed by atoms with Crippen LogP contribution in [0.1, 0.15) is 46.0 Å². The van der Waals surface area contributed by atoms with E-state index in [0.717, 1.165) is 24.5 Å². The molecule has 0 bridgehead atoms. The third kappa shape index (κ3) is 8.01. The molecule has 0 atom stereocenters. The summed E-state index contributed by atoms with van der Waals surface area (Å²) in [6.07, 6.45) is 0.179. The Balaban J connectivity index is 1.83. The Labute approximate surface area is 222 Å². The lowest BCUT2D eigenvalue weighted by molar-refractivity contribution is -0.130. The van der Waals surface area contributed by atoms with E-state index in [9.17, 15) is 9.59 Å². The lowest BCUT2D eigenvalue weighted by Crippen LogP contribution is -2.47. The minimum atomic E-state index is -0.572. The van der Waals surface area contributed by atoms with E-state index in [1.54, 1.807) is 25.1 Å². The van der Waals surface area contributed by atoms with Gasteiger partial charge in [-0.05, 0) is 45.4 Å². The van der Waals surface area contributed by atoms with Crippen LogP contribution in [0.2, 0.25) is 10.0 Å². The first-order valence-electron chi connectivity index (χ1n) is 12.1. The number of halogens is 2. The second kappa shape index (κ2) is 12.2. The van der Waals surface area contributed by atoms with Gasteiger partial charge in [-0.1, -0.05) is 30.1 Å². The van der Waals surface area contributed by atoms with E-state index in [1.165, 1.54) is 0 Å². The number of piperazine rings is 1. The van der Waals surface area contributed by atoms with E-state index in [4.69, 9.17) is 37.8 Å². The molecule has 1 aliphatic rings. The van der Waals surface area contributed by atoms with E-state index in [0.29, 0.717) is 60.7 Å². The van der Waals surface area contributed by atoms with Crippen molar-refractivity contribution in [2.24, 2.45) is 0 Å². The van der Waals surface area contributed by atoms with Crippen molar-refractivity contribution in [1.82, 2.24) is 24.9 Å². The summed E-state index contributed by atoms with van der Waals surface area (Å²) in [4.78, 5) is 28.0. The summed E-state index contributed by atoms with van der Waals surface area (Å²) in [5.74, 6) is 1.27. The summed E-state index contributed by atoms with van der Waals surface area (Å²) in [5, 5.41) is 8.54. The Morgan fingerprint density at radius 3 is 2.28 bits per heavy atom. The number of aromatic nitrogens is 2. The van der Waals surface area contributed by atoms with Gasteiger partial charge in [0.05, 0.1) is 12.2 Å². The van der Waals surface area contributed by atoms with Crippen LogP contribution in [0.4, 0.5) is 4.79 Å². The molecular formula is C25H35Cl2N5O4. The molecule has 1 aromatic heterocycles. The number of alkyl carbamates (subject to hydrolysis) is 1. The Morgan fingerprint density at radius 2 is 1.72 bits per heavy atom. The standard InChI is InChI=1S/C25H35Cl2N5O4/c1-6-21-23(35-20-14-18(26)13-19(27)15-20)22(16-30-9-11-31(12-10-30)17(2)33)32(29-21)8-7-28-24(34)36-25(3,4)5/h13-15H,6-12,16H2,1-5H3,(H,28,34). The molecule has 9 nitrogen and oxygen atoms in total. The second-order valence-corrected chi connectivity index (χ2v) is 10.6. The van der Waals surface area contributed by atoms with Crippen LogP contribution in [-0.4, -0.2) is 69.9 Å². The van der Waals surface area contributed by atoms with Crippen LogP contribution in [0.25, 0.3) is 0 Å². The first-order valence-corrected chi connectivity index (χ1v) is 12.9. The summed E-state index contributed by atoms with van der Waals surface area (Å²) >= 11 is 12.4. The van der Waals surface area contributed by atoms with Crippen molar-refractivity contribution in [3.63, 3.8) is 0 Å². The van der Waals surface area contributed by atoms with Gasteiger partial charge in [0.1, 0.15) is 17.0 Å². The number of nitrogens with one attached hydrogen (secondary N) is 1. The topological polar surface area (TPSA) is 88.9 Å². The number of amides is 2. The van der Waals surface area contributed by atoms with E-state index in [2.05, 4.69) is 10.2 Å². The SMILES string of the molecule is CCc1nn(CCNC(=O)OC(C)(C)C)c(CN2CCN(C(C)=O)CC2)c1Oc1cc(Cl)cc(Cl)c1. The monoisotopic (exact) mass is 539 g/mol. The zero-order valence-electron chi connectivity index (χ0n) is 21.6. The molecule has 2 heterocycles. The molecule has 11 heteroatoms. The Hall–Kier alpha value is -2.49. The van der Waals surface area contributed by atoms with E-state index in [-0.39, 0.29) is 5.91 Å². The van der Waals surface area contributed by atoms with Crippen molar-refractivity contribution in [3.8, 4) is 11.5 Å². The molecule has 1 fully saturated rings. The van der Waals surface area contributed by atoms with Gasteiger partial charge in [-0.15, -0.1) is 0 Å². The number of carbonyl (C=O) groups is 2. The molecule has 1 saturated heterocycles. The van der Waals surface area contributed by atoms with E-state index >= 15 is 0 Å². The fourth-order valence-corrected chi connectivity index (χ4v) is 4.44. The van der Waals surface area contributed by atoms with Crippen molar-refractivity contribution in [1.29, 1.82) is 0 Å². The molecule has 2 aromatic rings. The first kappa shape index (κ1) is 28.1. The quantitative estimate of drug-likeness (QED) is 0.521. The third-order valence-electron chi connectivity index (χ3n) is 5.65. The van der Waals surface area contributed by atoms with Gasteiger partial charge in [0.2, 0.25) is 5.91 Å². The third-order valence-corrected chi connectivity index (χ3v) is 6.09. The number of benzene rings is 1. The van der Waals surface area contributed by atoms with Gasteiger partial charge in [0.25, 0.3) is 0 Å². The number of nitrogens with zero attached hydrogens (tertiary/aromatic N) is 4. The number of ether oxygens (including phenoxy) is 2. The number of aryl methyl sites for hydroxylation is 1. The van der Waals surface area contributed by atoms with Gasteiger partial charge in [0, 0.05) is 56.2 Å². The largest absolute Gasteiger partial charge is 0.453 e. The molecule has 0 aliphatic carbocycles. The van der Waals surface area contributed by atoms with Crippen LogP contribution in [0.3, 0.4) is 0 Å². The predicted molar refractivity (Wildman–Crippen MR) is 140 cm³/mol. The van der Waals surface area contributed by atoms with Crippen molar-refractivity contribution in [2.75, 3.05) is 32.7 Å². The average molecular weight is 540 g/mol. The van der Waals surface area contributed by atoms with Crippen molar-refractivity contribution >= 4 is 35.2 Å². The predicted octanol–water partition coefficient (Wildman–Crippen LogP) is 4.73. The number of hydrogen-bond acceptors (Lipinski definition) is 6. The van der Waals surface area contributed by atoms with Gasteiger partial charge >= 0.3 is 6.09 Å². The minimum absolute atomic E-state index is 0.0861. The van der Waals surface area contributed by atoms with Crippen molar-refractivity contribution < 1.29 is 19.1 Å². The van der Waals surface area contributed by atoms with Crippen LogP contribution >= 0.6 is 23.2 Å². The number of rotatable bonds is 8. The highest BCUT2D eigenvalue weighted by Crippen LogP contribution is 2.34. The minimum Gasteiger partial charge on any atom is -0.453 e. The van der Waals surface area contributed by atoms with Gasteiger partial charge in [0.15, 0.2) is 5.75 Å². The van der Waals surface area contributed by atoms with Crippen LogP contribution in [0, 0.1) is 0 Å². The molecule has 2 amide bonds. The maximum Gasteiger partial charge on any atom is 0.407 e. The molecule has 3 rings (SSSR count). The summed E-state index contributed by atoms with van der Waals surface area (Å²) in [6.45, 7) is 13.3. The van der Waals surface area contributed by atoms with E-state index < -0.39 is 11.7 Å². The molecule has 1 N–H and O–H groups in total. The Bertz CT molecular complexity index is 1050. The maximum absolute atomic E-state index is 12.1. The number of carbonyl (C=O) groups excluding carboxylic acids is 2. The Kier molecular flexibility index (Phi) is 9.49. The zero-order valence-corrected chi connectivity index (χ0v) is 23.1. The lowest BCUT2D eigenvalue weighted by Gasteiger charge is -2.34. The molecule has 0 radical (unpaired) electrons. The summed E-state index contributed by atoms with van der Waals surface area (Å²) in [6, 6.07) is 5.07. The number of hydrogen-bond donors (Lipinski definition) is 1. The molecule has 1 aliphatic heterocycles. The average Bonchev–Trinajstić information content (AvgIpc) is 3.08. The lowest BCUT2D eigenvalue weighted by atomic mass is 10.2. The smallest absolute Gasteiger partial charge is 0.407 e. The van der Waals surface area contributed by atoms with Crippen LogP contribution in [0.5, 0.6) is 11.5 Å². The maximum atomic E-state index is 12.1. The molecule has 0 spiro atoms. The van der Waals surface area contributed by atoms with Crippen molar-refractivity contribution in [2.45, 2.75) is 59.7 Å². The summed E-state index contributed by atoms with van der Waals surface area (Å²) in [5.41, 5.74) is 1.10. The molecule has 0 saturated carbocycles. The zero-order chi connectivity index (χ0) is 26.5. The van der Waals surface area contributed by atoms with Gasteiger partial charge in [-0.25, -0.2) is 4.79 Å². The molecule has 1 aromatic carbocycles. The highest BCUT2D eigenvalue weighted by atomic mass is 35.5. The molecule has 0 unspecified atom stereocenters. The molecular weight excluding hydrogens is 505 g/mol. The highest BCUT2D eigenvalue weighted by molar-refractivity contribution is 6.34. The fourth-order valence-electron chi connectivity index (χ4n) is 3.94. The summed E-state index contributed by atoms with van der Waals surface area (Å²) < 4.78 is 13.5. The second-order valence-electron chi connectivity index (χ2n) is 9.72. The van der Waals surface area contributed by atoms with Gasteiger partial charge in [-0.2, -0.15) is 5.10 Å². The van der Waals surface area contributed by atoms with Crippen LogP contribution in [0.15, 0.2) is 18.2 Å². The van der Waals surface area contributed by atoms with Gasteiger partial charge < -0.3 is 19.7 Å². The van der Waals surface area contributed by atoms with Crippen LogP contribution in [-0.2, 0) is 29.0 Å². The van der Waals surface area contributed by atoms with Gasteiger partial charge in [-0.3, -0.25) is 14.4 Å².